The van der Waals surface area contributed by atoms with Gasteiger partial charge in [-0.05, 0) is 24.7 Å². The van der Waals surface area contributed by atoms with Crippen LogP contribution < -0.4 is 4.72 Å². The first-order valence-corrected chi connectivity index (χ1v) is 9.08. The van der Waals surface area contributed by atoms with Gasteiger partial charge in [0.1, 0.15) is 4.90 Å². The summed E-state index contributed by atoms with van der Waals surface area (Å²) < 4.78 is 29.2. The van der Waals surface area contributed by atoms with Crippen LogP contribution in [0.3, 0.4) is 0 Å². The highest BCUT2D eigenvalue weighted by atomic mass is 32.2. The van der Waals surface area contributed by atoms with E-state index in [4.69, 9.17) is 5.11 Å². The van der Waals surface area contributed by atoms with E-state index < -0.39 is 10.0 Å². The maximum absolute atomic E-state index is 12.4. The SMILES string of the molecule is CC1CCCC(NS(=O)(=O)c2cnn(CCCO)c2)C1C. The van der Waals surface area contributed by atoms with Crippen molar-refractivity contribution in [1.82, 2.24) is 14.5 Å². The monoisotopic (exact) mass is 315 g/mol. The van der Waals surface area contributed by atoms with Gasteiger partial charge in [0, 0.05) is 25.4 Å². The van der Waals surface area contributed by atoms with Crippen molar-refractivity contribution in [3.8, 4) is 0 Å². The van der Waals surface area contributed by atoms with Crippen molar-refractivity contribution in [2.24, 2.45) is 11.8 Å². The van der Waals surface area contributed by atoms with E-state index in [1.165, 1.54) is 18.8 Å². The molecule has 3 unspecified atom stereocenters. The highest BCUT2D eigenvalue weighted by Crippen LogP contribution is 2.30. The highest BCUT2D eigenvalue weighted by Gasteiger charge is 2.31. The normalized spacial score (nSPS) is 26.9. The summed E-state index contributed by atoms with van der Waals surface area (Å²) in [5, 5.41) is 12.8. The Labute approximate surface area is 126 Å². The van der Waals surface area contributed by atoms with Gasteiger partial charge in [0.15, 0.2) is 0 Å². The van der Waals surface area contributed by atoms with Crippen LogP contribution in [-0.4, -0.2) is 36.0 Å². The summed E-state index contributed by atoms with van der Waals surface area (Å²) in [5.74, 6) is 0.886. The fourth-order valence-corrected chi connectivity index (χ4v) is 4.17. The van der Waals surface area contributed by atoms with Crippen LogP contribution in [0.1, 0.15) is 39.5 Å². The van der Waals surface area contributed by atoms with Gasteiger partial charge in [-0.25, -0.2) is 13.1 Å². The number of aliphatic hydroxyl groups excluding tert-OH is 1. The lowest BCUT2D eigenvalue weighted by molar-refractivity contribution is 0.227. The largest absolute Gasteiger partial charge is 0.396 e. The molecule has 0 amide bonds. The molecule has 6 nitrogen and oxygen atoms in total. The Hall–Kier alpha value is -0.920. The van der Waals surface area contributed by atoms with Crippen molar-refractivity contribution in [3.63, 3.8) is 0 Å². The standard InChI is InChI=1S/C14H25N3O3S/c1-11-5-3-6-14(12(11)2)16-21(19,20)13-9-15-17(10-13)7-4-8-18/h9-12,14,16,18H,3-8H2,1-2H3. The Kier molecular flexibility index (Phi) is 5.40. The summed E-state index contributed by atoms with van der Waals surface area (Å²) in [7, 11) is -3.52. The minimum Gasteiger partial charge on any atom is -0.396 e. The van der Waals surface area contributed by atoms with Gasteiger partial charge in [-0.1, -0.05) is 26.7 Å². The van der Waals surface area contributed by atoms with Gasteiger partial charge in [0.05, 0.1) is 6.20 Å². The maximum atomic E-state index is 12.4. The van der Waals surface area contributed by atoms with Gasteiger partial charge in [0.2, 0.25) is 10.0 Å². The fraction of sp³-hybridized carbons (Fsp3) is 0.786. The molecule has 21 heavy (non-hydrogen) atoms. The first-order valence-electron chi connectivity index (χ1n) is 7.59. The minimum atomic E-state index is -3.52. The lowest BCUT2D eigenvalue weighted by Gasteiger charge is -2.34. The van der Waals surface area contributed by atoms with E-state index in [1.807, 2.05) is 0 Å². The number of hydrogen-bond donors (Lipinski definition) is 2. The summed E-state index contributed by atoms with van der Waals surface area (Å²) >= 11 is 0. The van der Waals surface area contributed by atoms with Crippen LogP contribution in [0.25, 0.3) is 0 Å². The molecule has 0 aromatic carbocycles. The summed E-state index contributed by atoms with van der Waals surface area (Å²) in [4.78, 5) is 0.200. The van der Waals surface area contributed by atoms with Crippen molar-refractivity contribution < 1.29 is 13.5 Å². The smallest absolute Gasteiger partial charge is 0.243 e. The predicted octanol–water partition coefficient (Wildman–Crippen LogP) is 1.37. The molecule has 0 aliphatic heterocycles. The molecule has 1 aromatic heterocycles. The number of sulfonamides is 1. The zero-order chi connectivity index (χ0) is 15.5. The Morgan fingerprint density at radius 1 is 1.43 bits per heavy atom. The molecule has 0 bridgehead atoms. The molecule has 1 heterocycles. The van der Waals surface area contributed by atoms with Crippen LogP contribution >= 0.6 is 0 Å². The first kappa shape index (κ1) is 16.5. The summed E-state index contributed by atoms with van der Waals surface area (Å²) in [5.41, 5.74) is 0. The molecule has 3 atom stereocenters. The lowest BCUT2D eigenvalue weighted by atomic mass is 9.78. The summed E-state index contributed by atoms with van der Waals surface area (Å²) in [6.45, 7) is 4.88. The van der Waals surface area contributed by atoms with Crippen LogP contribution in [-0.2, 0) is 16.6 Å². The van der Waals surface area contributed by atoms with Crippen LogP contribution in [0.15, 0.2) is 17.3 Å². The van der Waals surface area contributed by atoms with Crippen LogP contribution in [0, 0.1) is 11.8 Å². The number of rotatable bonds is 6. The average Bonchev–Trinajstić information content (AvgIpc) is 2.91. The third kappa shape index (κ3) is 4.05. The van der Waals surface area contributed by atoms with Crippen molar-refractivity contribution in [3.05, 3.63) is 12.4 Å². The van der Waals surface area contributed by atoms with E-state index in [9.17, 15) is 8.42 Å². The third-order valence-corrected chi connectivity index (χ3v) is 5.92. The maximum Gasteiger partial charge on any atom is 0.243 e. The second-order valence-electron chi connectivity index (χ2n) is 6.01. The summed E-state index contributed by atoms with van der Waals surface area (Å²) in [6, 6.07) is -0.000424. The molecule has 0 saturated heterocycles. The molecule has 2 N–H and O–H groups in total. The van der Waals surface area contributed by atoms with Gasteiger partial charge >= 0.3 is 0 Å². The van der Waals surface area contributed by atoms with Gasteiger partial charge in [0.25, 0.3) is 0 Å². The lowest BCUT2D eigenvalue weighted by Crippen LogP contribution is -2.43. The topological polar surface area (TPSA) is 84.2 Å². The third-order valence-electron chi connectivity index (χ3n) is 4.48. The molecule has 1 fully saturated rings. The summed E-state index contributed by atoms with van der Waals surface area (Å²) in [6.07, 6.45) is 6.58. The van der Waals surface area contributed by atoms with E-state index in [1.54, 1.807) is 4.68 Å². The quantitative estimate of drug-likeness (QED) is 0.830. The molecule has 1 saturated carbocycles. The Balaban J connectivity index is 2.05. The van der Waals surface area contributed by atoms with E-state index in [0.717, 1.165) is 12.8 Å². The molecule has 0 radical (unpaired) electrons. The van der Waals surface area contributed by atoms with Crippen molar-refractivity contribution in [2.45, 2.75) is 57.0 Å². The van der Waals surface area contributed by atoms with E-state index in [2.05, 4.69) is 23.7 Å². The van der Waals surface area contributed by atoms with Gasteiger partial charge < -0.3 is 5.11 Å². The molecule has 1 aliphatic carbocycles. The number of nitrogens with zero attached hydrogens (tertiary/aromatic N) is 2. The molecule has 1 aliphatic rings. The Morgan fingerprint density at radius 3 is 2.90 bits per heavy atom. The fourth-order valence-electron chi connectivity index (χ4n) is 2.85. The highest BCUT2D eigenvalue weighted by molar-refractivity contribution is 7.89. The predicted molar refractivity (Wildman–Crippen MR) is 80.2 cm³/mol. The van der Waals surface area contributed by atoms with Crippen molar-refractivity contribution in [2.75, 3.05) is 6.61 Å². The molecular weight excluding hydrogens is 290 g/mol. The van der Waals surface area contributed by atoms with Gasteiger partial charge in [-0.15, -0.1) is 0 Å². The minimum absolute atomic E-state index is 0.000424. The van der Waals surface area contributed by atoms with E-state index in [0.29, 0.717) is 24.8 Å². The average molecular weight is 315 g/mol. The van der Waals surface area contributed by atoms with Crippen molar-refractivity contribution in [1.29, 1.82) is 0 Å². The molecular formula is C14H25N3O3S. The number of hydrogen-bond acceptors (Lipinski definition) is 4. The van der Waals surface area contributed by atoms with Crippen molar-refractivity contribution >= 4 is 10.0 Å². The van der Waals surface area contributed by atoms with Gasteiger partial charge in [-0.2, -0.15) is 5.10 Å². The molecule has 2 rings (SSSR count). The second kappa shape index (κ2) is 6.89. The van der Waals surface area contributed by atoms with Gasteiger partial charge in [-0.3, -0.25) is 4.68 Å². The first-order chi connectivity index (χ1) is 9.94. The zero-order valence-electron chi connectivity index (χ0n) is 12.7. The van der Waals surface area contributed by atoms with E-state index in [-0.39, 0.29) is 17.5 Å². The molecule has 0 spiro atoms. The number of aromatic nitrogens is 2. The Bertz CT molecular complexity index is 556. The second-order valence-corrected chi connectivity index (χ2v) is 7.73. The molecule has 1 aromatic rings. The Morgan fingerprint density at radius 2 is 2.19 bits per heavy atom. The van der Waals surface area contributed by atoms with Crippen LogP contribution in [0.4, 0.5) is 0 Å². The van der Waals surface area contributed by atoms with Crippen LogP contribution in [0.2, 0.25) is 0 Å². The number of aryl methyl sites for hydroxylation is 1. The van der Waals surface area contributed by atoms with Crippen LogP contribution in [0.5, 0.6) is 0 Å². The number of aliphatic hydroxyl groups is 1. The zero-order valence-corrected chi connectivity index (χ0v) is 13.5. The molecule has 7 heteroatoms. The molecule has 120 valence electrons. The van der Waals surface area contributed by atoms with E-state index >= 15 is 0 Å². The number of nitrogens with one attached hydrogen (secondary N) is 1.